The van der Waals surface area contributed by atoms with E-state index in [4.69, 9.17) is 17.0 Å². The first-order chi connectivity index (χ1) is 9.97. The Labute approximate surface area is 138 Å². The Kier molecular flexibility index (Phi) is 5.00. The van der Waals surface area contributed by atoms with Crippen LogP contribution in [-0.4, -0.2) is 29.6 Å². The van der Waals surface area contributed by atoms with E-state index in [0.29, 0.717) is 17.3 Å². The summed E-state index contributed by atoms with van der Waals surface area (Å²) in [4.78, 5) is 14.1. The molecule has 0 amide bonds. The zero-order valence-corrected chi connectivity index (χ0v) is 14.5. The summed E-state index contributed by atoms with van der Waals surface area (Å²) in [5, 5.41) is 3.80. The normalized spacial score (nSPS) is 18.6. The molecule has 21 heavy (non-hydrogen) atoms. The van der Waals surface area contributed by atoms with Crippen molar-refractivity contribution < 1.29 is 9.53 Å². The van der Waals surface area contributed by atoms with Crippen molar-refractivity contribution in [3.05, 3.63) is 45.6 Å². The molecule has 0 radical (unpaired) electrons. The number of hydrogen-bond acceptors (Lipinski definition) is 3. The van der Waals surface area contributed by atoms with Crippen LogP contribution in [0.15, 0.2) is 40.0 Å². The highest BCUT2D eigenvalue weighted by Gasteiger charge is 2.34. The molecule has 2 rings (SSSR count). The lowest BCUT2D eigenvalue weighted by atomic mass is 9.95. The number of benzene rings is 1. The van der Waals surface area contributed by atoms with Gasteiger partial charge in [-0.3, -0.25) is 0 Å². The van der Waals surface area contributed by atoms with Gasteiger partial charge in [0.15, 0.2) is 5.11 Å². The first-order valence-corrected chi connectivity index (χ1v) is 7.84. The van der Waals surface area contributed by atoms with E-state index in [-0.39, 0.29) is 12.0 Å². The minimum absolute atomic E-state index is 0.316. The Balaban J connectivity index is 2.54. The number of carbonyl (C=O) groups excluding carboxylic acids is 1. The molecule has 1 unspecified atom stereocenters. The molecule has 0 bridgehead atoms. The summed E-state index contributed by atoms with van der Waals surface area (Å²) >= 11 is 8.87. The molecule has 1 aromatic rings. The van der Waals surface area contributed by atoms with Crippen molar-refractivity contribution in [2.75, 3.05) is 13.7 Å². The van der Waals surface area contributed by atoms with Crippen LogP contribution in [-0.2, 0) is 9.53 Å². The summed E-state index contributed by atoms with van der Waals surface area (Å²) in [6.07, 6.45) is 0. The third kappa shape index (κ3) is 3.11. The number of nitrogens with zero attached hydrogens (tertiary/aromatic N) is 1. The van der Waals surface area contributed by atoms with Crippen LogP contribution >= 0.6 is 28.1 Å². The molecule has 6 heteroatoms. The van der Waals surface area contributed by atoms with Gasteiger partial charge in [0, 0.05) is 17.2 Å². The molecular weight excluding hydrogens is 352 g/mol. The fourth-order valence-electron chi connectivity index (χ4n) is 2.25. The summed E-state index contributed by atoms with van der Waals surface area (Å²) < 4.78 is 6.13. The molecule has 0 aliphatic carbocycles. The van der Waals surface area contributed by atoms with E-state index < -0.39 is 0 Å². The van der Waals surface area contributed by atoms with Crippen molar-refractivity contribution in [3.63, 3.8) is 0 Å². The standard InChI is InChI=1S/C15H17BrN2O2S/c1-4-20-14(19)12-9(2)18(3)15(21)17-13(12)10-7-5-6-8-11(10)16/h5-8,13H,4H2,1-3H3,(H,17,21). The molecule has 1 heterocycles. The monoisotopic (exact) mass is 368 g/mol. The van der Waals surface area contributed by atoms with Crippen LogP contribution in [0.4, 0.5) is 0 Å². The molecule has 0 saturated heterocycles. The van der Waals surface area contributed by atoms with Gasteiger partial charge < -0.3 is 15.0 Å². The Hall–Kier alpha value is -1.40. The van der Waals surface area contributed by atoms with Crippen LogP contribution in [0.3, 0.4) is 0 Å². The lowest BCUT2D eigenvalue weighted by Crippen LogP contribution is -2.46. The van der Waals surface area contributed by atoms with E-state index in [1.54, 1.807) is 11.8 Å². The summed E-state index contributed by atoms with van der Waals surface area (Å²) in [6, 6.07) is 7.45. The maximum absolute atomic E-state index is 12.4. The van der Waals surface area contributed by atoms with Crippen molar-refractivity contribution in [1.82, 2.24) is 10.2 Å². The predicted molar refractivity (Wildman–Crippen MR) is 89.7 cm³/mol. The predicted octanol–water partition coefficient (Wildman–Crippen LogP) is 3.15. The minimum atomic E-state index is -0.322. The fourth-order valence-corrected chi connectivity index (χ4v) is 3.02. The van der Waals surface area contributed by atoms with Crippen LogP contribution in [0.2, 0.25) is 0 Å². The number of nitrogens with one attached hydrogen (secondary N) is 1. The van der Waals surface area contributed by atoms with E-state index in [2.05, 4.69) is 21.2 Å². The van der Waals surface area contributed by atoms with E-state index in [9.17, 15) is 4.79 Å². The lowest BCUT2D eigenvalue weighted by Gasteiger charge is -2.35. The van der Waals surface area contributed by atoms with Crippen molar-refractivity contribution in [1.29, 1.82) is 0 Å². The number of esters is 1. The second kappa shape index (κ2) is 6.58. The molecule has 0 spiro atoms. The molecular formula is C15H17BrN2O2S. The van der Waals surface area contributed by atoms with Crippen molar-refractivity contribution in [2.45, 2.75) is 19.9 Å². The second-order valence-electron chi connectivity index (χ2n) is 4.68. The summed E-state index contributed by atoms with van der Waals surface area (Å²) in [5.74, 6) is -0.322. The number of thiocarbonyl (C=S) groups is 1. The number of carbonyl (C=O) groups is 1. The van der Waals surface area contributed by atoms with Crippen LogP contribution in [0.25, 0.3) is 0 Å². The Morgan fingerprint density at radius 1 is 1.48 bits per heavy atom. The number of hydrogen-bond donors (Lipinski definition) is 1. The Bertz CT molecular complexity index is 615. The van der Waals surface area contributed by atoms with Gasteiger partial charge in [-0.05, 0) is 37.7 Å². The molecule has 112 valence electrons. The molecule has 1 aliphatic heterocycles. The zero-order valence-electron chi connectivity index (χ0n) is 12.1. The molecule has 0 saturated carbocycles. The molecule has 0 fully saturated rings. The first kappa shape index (κ1) is 16.0. The van der Waals surface area contributed by atoms with Gasteiger partial charge in [-0.25, -0.2) is 4.79 Å². The van der Waals surface area contributed by atoms with E-state index in [0.717, 1.165) is 15.7 Å². The third-order valence-electron chi connectivity index (χ3n) is 3.47. The number of rotatable bonds is 3. The highest BCUT2D eigenvalue weighted by Crippen LogP contribution is 2.34. The summed E-state index contributed by atoms with van der Waals surface area (Å²) in [6.45, 7) is 4.02. The van der Waals surface area contributed by atoms with Gasteiger partial charge in [0.2, 0.25) is 0 Å². The molecule has 0 aromatic heterocycles. The maximum Gasteiger partial charge on any atom is 0.338 e. The molecule has 1 atom stereocenters. The lowest BCUT2D eigenvalue weighted by molar-refractivity contribution is -0.139. The van der Waals surface area contributed by atoms with E-state index >= 15 is 0 Å². The Morgan fingerprint density at radius 2 is 2.14 bits per heavy atom. The highest BCUT2D eigenvalue weighted by molar-refractivity contribution is 9.10. The number of ether oxygens (including phenoxy) is 1. The molecule has 4 nitrogen and oxygen atoms in total. The minimum Gasteiger partial charge on any atom is -0.463 e. The van der Waals surface area contributed by atoms with Gasteiger partial charge in [-0.1, -0.05) is 34.1 Å². The highest BCUT2D eigenvalue weighted by atomic mass is 79.9. The van der Waals surface area contributed by atoms with Gasteiger partial charge >= 0.3 is 5.97 Å². The number of allylic oxidation sites excluding steroid dienone is 1. The SMILES string of the molecule is CCOC(=O)C1=C(C)N(C)C(=S)NC1c1ccccc1Br. The van der Waals surface area contributed by atoms with Gasteiger partial charge in [-0.15, -0.1) is 0 Å². The van der Waals surface area contributed by atoms with E-state index in [1.807, 2.05) is 38.2 Å². The largest absolute Gasteiger partial charge is 0.463 e. The third-order valence-corrected chi connectivity index (χ3v) is 4.58. The van der Waals surface area contributed by atoms with Gasteiger partial charge in [0.25, 0.3) is 0 Å². The topological polar surface area (TPSA) is 41.6 Å². The second-order valence-corrected chi connectivity index (χ2v) is 5.92. The van der Waals surface area contributed by atoms with Gasteiger partial charge in [-0.2, -0.15) is 0 Å². The average molecular weight is 369 g/mol. The molecule has 1 aromatic carbocycles. The summed E-state index contributed by atoms with van der Waals surface area (Å²) in [5.41, 5.74) is 2.34. The number of halogens is 1. The van der Waals surface area contributed by atoms with Gasteiger partial charge in [0.05, 0.1) is 18.2 Å². The summed E-state index contributed by atoms with van der Waals surface area (Å²) in [7, 11) is 1.83. The quantitative estimate of drug-likeness (QED) is 0.655. The van der Waals surface area contributed by atoms with Crippen molar-refractivity contribution >= 4 is 39.2 Å². The van der Waals surface area contributed by atoms with Crippen molar-refractivity contribution in [3.8, 4) is 0 Å². The van der Waals surface area contributed by atoms with Crippen molar-refractivity contribution in [2.24, 2.45) is 0 Å². The molecule has 1 N–H and O–H groups in total. The zero-order chi connectivity index (χ0) is 15.6. The maximum atomic E-state index is 12.4. The first-order valence-electron chi connectivity index (χ1n) is 6.63. The van der Waals surface area contributed by atoms with Gasteiger partial charge in [0.1, 0.15) is 0 Å². The van der Waals surface area contributed by atoms with Crippen LogP contribution in [0.5, 0.6) is 0 Å². The molecule has 1 aliphatic rings. The fraction of sp³-hybridized carbons (Fsp3) is 0.333. The van der Waals surface area contributed by atoms with E-state index in [1.165, 1.54) is 0 Å². The van der Waals surface area contributed by atoms with Crippen LogP contribution in [0.1, 0.15) is 25.5 Å². The average Bonchev–Trinajstić information content (AvgIpc) is 2.45. The smallest absolute Gasteiger partial charge is 0.338 e. The van der Waals surface area contributed by atoms with Crippen LogP contribution in [0, 0.1) is 0 Å². The van der Waals surface area contributed by atoms with Crippen LogP contribution < -0.4 is 5.32 Å². The Morgan fingerprint density at radius 3 is 2.76 bits per heavy atom.